The molecule has 1 atom stereocenters. The topological polar surface area (TPSA) is 12.9 Å². The zero-order valence-corrected chi connectivity index (χ0v) is 11.1. The van der Waals surface area contributed by atoms with Crippen LogP contribution in [0.5, 0.6) is 0 Å². The van der Waals surface area contributed by atoms with Crippen LogP contribution in [0.15, 0.2) is 42.6 Å². The van der Waals surface area contributed by atoms with Gasteiger partial charge in [-0.25, -0.2) is 4.39 Å². The predicted molar refractivity (Wildman–Crippen MR) is 70.7 cm³/mol. The van der Waals surface area contributed by atoms with Crippen molar-refractivity contribution in [2.24, 2.45) is 0 Å². The molecule has 0 amide bonds. The van der Waals surface area contributed by atoms with Gasteiger partial charge in [-0.15, -0.1) is 0 Å². The zero-order chi connectivity index (χ0) is 12.3. The van der Waals surface area contributed by atoms with Gasteiger partial charge in [0, 0.05) is 23.1 Å². The molecule has 0 aliphatic heterocycles. The maximum atomic E-state index is 13.3. The van der Waals surface area contributed by atoms with Crippen LogP contribution in [0.25, 0.3) is 0 Å². The first-order valence-corrected chi connectivity index (χ1v) is 6.38. The van der Waals surface area contributed by atoms with Gasteiger partial charge in [-0.1, -0.05) is 28.1 Å². The Morgan fingerprint density at radius 3 is 2.76 bits per heavy atom. The molecule has 0 saturated carbocycles. The van der Waals surface area contributed by atoms with Crippen molar-refractivity contribution in [3.05, 3.63) is 65.2 Å². The van der Waals surface area contributed by atoms with Gasteiger partial charge >= 0.3 is 0 Å². The van der Waals surface area contributed by atoms with Crippen molar-refractivity contribution in [2.45, 2.75) is 18.2 Å². The summed E-state index contributed by atoms with van der Waals surface area (Å²) in [6, 6.07) is 10.9. The van der Waals surface area contributed by atoms with Crippen LogP contribution in [0, 0.1) is 12.7 Å². The third-order valence-corrected chi connectivity index (χ3v) is 3.39. The number of aryl methyl sites for hydroxylation is 1. The van der Waals surface area contributed by atoms with Gasteiger partial charge in [0.15, 0.2) is 0 Å². The summed E-state index contributed by atoms with van der Waals surface area (Å²) in [5, 5.41) is 0. The minimum Gasteiger partial charge on any atom is -0.261 e. The Morgan fingerprint density at radius 1 is 1.29 bits per heavy atom. The van der Waals surface area contributed by atoms with Crippen molar-refractivity contribution < 1.29 is 4.39 Å². The van der Waals surface area contributed by atoms with E-state index in [1.165, 1.54) is 6.07 Å². The van der Waals surface area contributed by atoms with Gasteiger partial charge in [-0.2, -0.15) is 0 Å². The quantitative estimate of drug-likeness (QED) is 0.773. The van der Waals surface area contributed by atoms with Crippen LogP contribution in [0.3, 0.4) is 0 Å². The van der Waals surface area contributed by atoms with E-state index in [1.54, 1.807) is 12.3 Å². The van der Waals surface area contributed by atoms with Gasteiger partial charge in [0.1, 0.15) is 5.82 Å². The first kappa shape index (κ1) is 12.2. The van der Waals surface area contributed by atoms with Gasteiger partial charge in [-0.05, 0) is 42.3 Å². The number of aromatic nitrogens is 1. The number of halogens is 2. The Kier molecular flexibility index (Phi) is 3.89. The number of rotatable bonds is 3. The van der Waals surface area contributed by atoms with E-state index in [9.17, 15) is 4.39 Å². The van der Waals surface area contributed by atoms with E-state index in [-0.39, 0.29) is 10.6 Å². The number of alkyl halides is 1. The Bertz CT molecular complexity index is 479. The Labute approximate surface area is 109 Å². The molecule has 0 fully saturated rings. The molecule has 0 aliphatic carbocycles. The van der Waals surface area contributed by atoms with Gasteiger partial charge in [-0.3, -0.25) is 4.98 Å². The van der Waals surface area contributed by atoms with Crippen LogP contribution in [-0.4, -0.2) is 4.98 Å². The van der Waals surface area contributed by atoms with Gasteiger partial charge in [0.2, 0.25) is 0 Å². The SMILES string of the molecule is Cc1cc(F)cc(C(Br)Cc2ccccn2)c1. The minimum atomic E-state index is -0.189. The fraction of sp³-hybridized carbons (Fsp3) is 0.214. The highest BCUT2D eigenvalue weighted by molar-refractivity contribution is 9.09. The number of pyridine rings is 1. The molecular formula is C14H13BrFN. The molecule has 0 saturated heterocycles. The van der Waals surface area contributed by atoms with E-state index < -0.39 is 0 Å². The monoisotopic (exact) mass is 293 g/mol. The molecule has 2 aromatic rings. The molecule has 0 aliphatic rings. The Hall–Kier alpha value is -1.22. The normalized spacial score (nSPS) is 12.4. The van der Waals surface area contributed by atoms with Gasteiger partial charge in [0.05, 0.1) is 0 Å². The maximum absolute atomic E-state index is 13.3. The molecule has 0 bridgehead atoms. The van der Waals surface area contributed by atoms with Crippen LogP contribution in [0.2, 0.25) is 0 Å². The average Bonchev–Trinajstić information content (AvgIpc) is 2.29. The summed E-state index contributed by atoms with van der Waals surface area (Å²) in [6.07, 6.45) is 2.52. The highest BCUT2D eigenvalue weighted by atomic mass is 79.9. The van der Waals surface area contributed by atoms with Crippen LogP contribution in [0.4, 0.5) is 4.39 Å². The van der Waals surface area contributed by atoms with E-state index >= 15 is 0 Å². The van der Waals surface area contributed by atoms with E-state index in [0.717, 1.165) is 23.2 Å². The molecule has 1 heterocycles. The highest BCUT2D eigenvalue weighted by Gasteiger charge is 2.10. The van der Waals surface area contributed by atoms with Crippen molar-refractivity contribution in [3.8, 4) is 0 Å². The summed E-state index contributed by atoms with van der Waals surface area (Å²) in [5.41, 5.74) is 2.88. The standard InChI is InChI=1S/C14H13BrFN/c1-10-6-11(8-12(16)7-10)14(15)9-13-4-2-3-5-17-13/h2-8,14H,9H2,1H3. The van der Waals surface area contributed by atoms with Crippen molar-refractivity contribution in [2.75, 3.05) is 0 Å². The van der Waals surface area contributed by atoms with Crippen molar-refractivity contribution in [3.63, 3.8) is 0 Å². The fourth-order valence-corrected chi connectivity index (χ4v) is 2.36. The van der Waals surface area contributed by atoms with E-state index in [0.29, 0.717) is 0 Å². The van der Waals surface area contributed by atoms with Crippen LogP contribution in [-0.2, 0) is 6.42 Å². The summed E-state index contributed by atoms with van der Waals surface area (Å²) < 4.78 is 13.3. The van der Waals surface area contributed by atoms with Crippen molar-refractivity contribution >= 4 is 15.9 Å². The minimum absolute atomic E-state index is 0.0896. The van der Waals surface area contributed by atoms with Gasteiger partial charge < -0.3 is 0 Å². The lowest BCUT2D eigenvalue weighted by atomic mass is 10.1. The zero-order valence-electron chi connectivity index (χ0n) is 9.53. The summed E-state index contributed by atoms with van der Waals surface area (Å²) in [7, 11) is 0. The summed E-state index contributed by atoms with van der Waals surface area (Å²) >= 11 is 3.58. The molecule has 17 heavy (non-hydrogen) atoms. The molecule has 0 radical (unpaired) electrons. The second kappa shape index (κ2) is 5.41. The van der Waals surface area contributed by atoms with Crippen LogP contribution >= 0.6 is 15.9 Å². The summed E-state index contributed by atoms with van der Waals surface area (Å²) in [4.78, 5) is 4.35. The molecular weight excluding hydrogens is 281 g/mol. The lowest BCUT2D eigenvalue weighted by Gasteiger charge is -2.10. The lowest BCUT2D eigenvalue weighted by molar-refractivity contribution is 0.623. The second-order valence-electron chi connectivity index (χ2n) is 4.05. The maximum Gasteiger partial charge on any atom is 0.123 e. The van der Waals surface area contributed by atoms with E-state index in [1.807, 2.05) is 31.2 Å². The lowest BCUT2D eigenvalue weighted by Crippen LogP contribution is -1.98. The first-order valence-electron chi connectivity index (χ1n) is 5.46. The second-order valence-corrected chi connectivity index (χ2v) is 5.16. The molecule has 1 nitrogen and oxygen atoms in total. The number of benzene rings is 1. The molecule has 3 heteroatoms. The molecule has 88 valence electrons. The summed E-state index contributed by atoms with van der Waals surface area (Å²) in [6.45, 7) is 1.90. The molecule has 1 unspecified atom stereocenters. The van der Waals surface area contributed by atoms with Gasteiger partial charge in [0.25, 0.3) is 0 Å². The fourth-order valence-electron chi connectivity index (χ4n) is 1.77. The van der Waals surface area contributed by atoms with Crippen molar-refractivity contribution in [1.29, 1.82) is 0 Å². The average molecular weight is 294 g/mol. The van der Waals surface area contributed by atoms with E-state index in [2.05, 4.69) is 20.9 Å². The number of hydrogen-bond acceptors (Lipinski definition) is 1. The molecule has 0 N–H and O–H groups in total. The highest BCUT2D eigenvalue weighted by Crippen LogP contribution is 2.27. The number of nitrogens with zero attached hydrogens (tertiary/aromatic N) is 1. The van der Waals surface area contributed by atoms with E-state index in [4.69, 9.17) is 0 Å². The Morgan fingerprint density at radius 2 is 2.12 bits per heavy atom. The van der Waals surface area contributed by atoms with Crippen LogP contribution < -0.4 is 0 Å². The molecule has 0 spiro atoms. The van der Waals surface area contributed by atoms with Crippen molar-refractivity contribution in [1.82, 2.24) is 4.98 Å². The first-order chi connectivity index (χ1) is 8.15. The summed E-state index contributed by atoms with van der Waals surface area (Å²) in [5.74, 6) is -0.189. The number of hydrogen-bond donors (Lipinski definition) is 0. The van der Waals surface area contributed by atoms with Crippen LogP contribution in [0.1, 0.15) is 21.6 Å². The Balaban J connectivity index is 2.17. The third kappa shape index (κ3) is 3.37. The molecule has 1 aromatic carbocycles. The smallest absolute Gasteiger partial charge is 0.123 e. The predicted octanol–water partition coefficient (Wildman–Crippen LogP) is 4.21. The molecule has 1 aromatic heterocycles. The largest absolute Gasteiger partial charge is 0.261 e. The third-order valence-electron chi connectivity index (χ3n) is 2.54. The molecule has 2 rings (SSSR count).